The van der Waals surface area contributed by atoms with Crippen LogP contribution in [0.2, 0.25) is 0 Å². The first-order valence-corrected chi connectivity index (χ1v) is 12.1. The van der Waals surface area contributed by atoms with Crippen LogP contribution in [-0.4, -0.2) is 0 Å². The smallest absolute Gasteiger partial charge is 0.195 e. The van der Waals surface area contributed by atoms with E-state index in [4.69, 9.17) is 5.26 Å². The quantitative estimate of drug-likeness (QED) is 0.197. The van der Waals surface area contributed by atoms with Gasteiger partial charge < -0.3 is 0 Å². The van der Waals surface area contributed by atoms with Crippen LogP contribution in [0.1, 0.15) is 110 Å². The molecule has 0 bridgehead atoms. The highest BCUT2D eigenvalue weighted by atomic mass is 19.1. The number of hydrogen-bond acceptors (Lipinski definition) is 1. The second kappa shape index (κ2) is 14.0. The van der Waals surface area contributed by atoms with Crippen molar-refractivity contribution in [1.82, 2.24) is 0 Å². The Balaban J connectivity index is 1.52. The average molecular weight is 388 g/mol. The van der Waals surface area contributed by atoms with Crippen LogP contribution in [0.5, 0.6) is 0 Å². The molecule has 0 heterocycles. The Labute approximate surface area is 173 Å². The van der Waals surface area contributed by atoms with Gasteiger partial charge in [-0.1, -0.05) is 96.1 Å². The molecule has 2 saturated carbocycles. The molecule has 0 aliphatic heterocycles. The Hall–Kier alpha value is -1.10. The summed E-state index contributed by atoms with van der Waals surface area (Å²) in [6.45, 7) is 2.29. The predicted octanol–water partition coefficient (Wildman–Crippen LogP) is 8.67. The maximum absolute atomic E-state index is 12.8. The van der Waals surface area contributed by atoms with Crippen LogP contribution in [-0.2, 0) is 0 Å². The number of nitriles is 1. The third-order valence-electron chi connectivity index (χ3n) is 7.29. The lowest BCUT2D eigenvalue weighted by molar-refractivity contribution is 0.219. The van der Waals surface area contributed by atoms with E-state index in [0.717, 1.165) is 17.8 Å². The molecule has 0 aromatic rings. The van der Waals surface area contributed by atoms with E-state index in [0.29, 0.717) is 5.92 Å². The van der Waals surface area contributed by atoms with Gasteiger partial charge in [-0.25, -0.2) is 0 Å². The van der Waals surface area contributed by atoms with Gasteiger partial charge in [0.15, 0.2) is 5.83 Å². The Kier molecular flexibility index (Phi) is 11.6. The van der Waals surface area contributed by atoms with Gasteiger partial charge in [0.2, 0.25) is 0 Å². The van der Waals surface area contributed by atoms with Crippen LogP contribution in [0.4, 0.5) is 4.39 Å². The molecule has 0 atom stereocenters. The first-order valence-electron chi connectivity index (χ1n) is 12.1. The molecule has 0 radical (unpaired) electrons. The molecule has 2 fully saturated rings. The van der Waals surface area contributed by atoms with Crippen LogP contribution >= 0.6 is 0 Å². The fraction of sp³-hybridized carbons (Fsp3) is 0.808. The summed E-state index contributed by atoms with van der Waals surface area (Å²) in [7, 11) is 0. The normalized spacial score (nSPS) is 29.1. The summed E-state index contributed by atoms with van der Waals surface area (Å²) in [5.41, 5.74) is 0. The summed E-state index contributed by atoms with van der Waals surface area (Å²) >= 11 is 0. The molecule has 0 unspecified atom stereocenters. The summed E-state index contributed by atoms with van der Waals surface area (Å²) in [5.74, 6) is 2.81. The van der Waals surface area contributed by atoms with Gasteiger partial charge in [-0.05, 0) is 55.4 Å². The van der Waals surface area contributed by atoms with Crippen molar-refractivity contribution < 1.29 is 4.39 Å². The third kappa shape index (κ3) is 9.40. The van der Waals surface area contributed by atoms with Crippen molar-refractivity contribution >= 4 is 0 Å². The molecule has 0 amide bonds. The van der Waals surface area contributed by atoms with Crippen LogP contribution in [0.15, 0.2) is 24.1 Å². The lowest BCUT2D eigenvalue weighted by Gasteiger charge is -2.31. The van der Waals surface area contributed by atoms with E-state index in [-0.39, 0.29) is 0 Å². The lowest BCUT2D eigenvalue weighted by Crippen LogP contribution is -2.17. The summed E-state index contributed by atoms with van der Waals surface area (Å²) in [5, 5.41) is 8.43. The number of rotatable bonds is 11. The standard InChI is InChI=1S/C26H42FN/c1-2-3-4-5-6-8-22-11-15-24(16-12-22)19-20-25-17-13-23(14-18-25)9-7-10-26(27)21-28/h7,9-10,22-25H,2-6,8,11-20H2,1H3/b9-7+,26-10-. The maximum Gasteiger partial charge on any atom is 0.199 e. The Bertz CT molecular complexity index is 499. The highest BCUT2D eigenvalue weighted by Gasteiger charge is 2.24. The van der Waals surface area contributed by atoms with Gasteiger partial charge in [-0.2, -0.15) is 9.65 Å². The molecule has 0 spiro atoms. The second-order valence-corrected chi connectivity index (χ2v) is 9.46. The summed E-state index contributed by atoms with van der Waals surface area (Å²) in [4.78, 5) is 0. The third-order valence-corrected chi connectivity index (χ3v) is 7.29. The SMILES string of the molecule is CCCCCCCC1CCC(CCC2CCC(/C=C/C=C(\F)C#N)CC2)CC1. The Morgan fingerprint density at radius 1 is 0.821 bits per heavy atom. The number of nitrogens with zero attached hydrogens (tertiary/aromatic N) is 1. The summed E-state index contributed by atoms with van der Waals surface area (Å²) < 4.78 is 12.8. The number of unbranched alkanes of at least 4 members (excludes halogenated alkanes) is 4. The Morgan fingerprint density at radius 2 is 1.36 bits per heavy atom. The molecule has 0 aromatic carbocycles. The van der Waals surface area contributed by atoms with Crippen molar-refractivity contribution in [3.8, 4) is 6.07 Å². The van der Waals surface area contributed by atoms with E-state index >= 15 is 0 Å². The second-order valence-electron chi connectivity index (χ2n) is 9.46. The van der Waals surface area contributed by atoms with Gasteiger partial charge in [0.1, 0.15) is 6.07 Å². The van der Waals surface area contributed by atoms with Crippen molar-refractivity contribution in [3.05, 3.63) is 24.1 Å². The largest absolute Gasteiger partial charge is 0.199 e. The average Bonchev–Trinajstić information content (AvgIpc) is 2.73. The van der Waals surface area contributed by atoms with Crippen LogP contribution in [0.25, 0.3) is 0 Å². The fourth-order valence-electron chi connectivity index (χ4n) is 5.32. The van der Waals surface area contributed by atoms with Gasteiger partial charge in [0.05, 0.1) is 0 Å². The molecule has 2 aliphatic carbocycles. The zero-order valence-electron chi connectivity index (χ0n) is 18.2. The first-order chi connectivity index (χ1) is 13.7. The molecular formula is C26H42FN. The number of allylic oxidation sites excluding steroid dienone is 4. The van der Waals surface area contributed by atoms with Crippen molar-refractivity contribution in [2.75, 3.05) is 0 Å². The van der Waals surface area contributed by atoms with Crippen LogP contribution in [0, 0.1) is 35.0 Å². The fourth-order valence-corrected chi connectivity index (χ4v) is 5.32. The van der Waals surface area contributed by atoms with Crippen LogP contribution < -0.4 is 0 Å². The maximum atomic E-state index is 12.8. The molecule has 0 saturated heterocycles. The summed E-state index contributed by atoms with van der Waals surface area (Å²) in [6.07, 6.45) is 27.6. The zero-order valence-corrected chi connectivity index (χ0v) is 18.2. The van der Waals surface area contributed by atoms with E-state index in [1.807, 2.05) is 0 Å². The van der Waals surface area contributed by atoms with E-state index < -0.39 is 5.83 Å². The van der Waals surface area contributed by atoms with E-state index in [1.165, 1.54) is 115 Å². The Morgan fingerprint density at radius 3 is 1.93 bits per heavy atom. The highest BCUT2D eigenvalue weighted by Crippen LogP contribution is 2.38. The molecule has 1 nitrogen and oxygen atoms in total. The molecule has 2 aliphatic rings. The van der Waals surface area contributed by atoms with Gasteiger partial charge in [0.25, 0.3) is 0 Å². The number of halogens is 1. The predicted molar refractivity (Wildman–Crippen MR) is 117 cm³/mol. The zero-order chi connectivity index (χ0) is 20.0. The monoisotopic (exact) mass is 387 g/mol. The molecule has 2 heteroatoms. The van der Waals surface area contributed by atoms with Gasteiger partial charge in [0, 0.05) is 0 Å². The van der Waals surface area contributed by atoms with Gasteiger partial charge in [-0.15, -0.1) is 0 Å². The minimum Gasteiger partial charge on any atom is -0.195 e. The topological polar surface area (TPSA) is 23.8 Å². The van der Waals surface area contributed by atoms with E-state index in [2.05, 4.69) is 13.0 Å². The molecular weight excluding hydrogens is 345 g/mol. The summed E-state index contributed by atoms with van der Waals surface area (Å²) in [6, 6.07) is 1.52. The minimum atomic E-state index is -0.698. The number of hydrogen-bond donors (Lipinski definition) is 0. The molecule has 158 valence electrons. The molecule has 28 heavy (non-hydrogen) atoms. The molecule has 0 aromatic heterocycles. The molecule has 0 N–H and O–H groups in total. The van der Waals surface area contributed by atoms with Crippen molar-refractivity contribution in [1.29, 1.82) is 5.26 Å². The lowest BCUT2D eigenvalue weighted by atomic mass is 9.75. The van der Waals surface area contributed by atoms with E-state index in [9.17, 15) is 4.39 Å². The first kappa shape index (κ1) is 23.2. The van der Waals surface area contributed by atoms with Gasteiger partial charge >= 0.3 is 0 Å². The minimum absolute atomic E-state index is 0.576. The van der Waals surface area contributed by atoms with Crippen LogP contribution in [0.3, 0.4) is 0 Å². The van der Waals surface area contributed by atoms with E-state index in [1.54, 1.807) is 6.08 Å². The van der Waals surface area contributed by atoms with Crippen molar-refractivity contribution in [2.24, 2.45) is 23.7 Å². The molecule has 2 rings (SSSR count). The highest BCUT2D eigenvalue weighted by molar-refractivity contribution is 5.19. The van der Waals surface area contributed by atoms with Gasteiger partial charge in [-0.3, -0.25) is 0 Å². The van der Waals surface area contributed by atoms with Crippen molar-refractivity contribution in [2.45, 2.75) is 110 Å². The van der Waals surface area contributed by atoms with Crippen molar-refractivity contribution in [3.63, 3.8) is 0 Å².